The third kappa shape index (κ3) is 7.49. The first-order valence-electron chi connectivity index (χ1n) is 19.9. The smallest absolute Gasteiger partial charge is 0.331 e. The van der Waals surface area contributed by atoms with Gasteiger partial charge in [-0.25, -0.2) is 4.79 Å². The van der Waals surface area contributed by atoms with Gasteiger partial charge < -0.3 is 37.0 Å². The molecule has 4 saturated carbocycles. The van der Waals surface area contributed by atoms with Crippen LogP contribution >= 0.6 is 0 Å². The minimum absolute atomic E-state index is 0.0275. The standard InChI is InChI=1S/C39H68O9Si3/c1-25-33(46-49(4,5)6)34(42-3)35(47-50(7,8)9)36(44-25)45-28-15-19-38(24-40)27(22-28)13-14-31-30(38)16-18-37(2)29(26-21-32(41)43-23-26)17-20-39(31,37)48-51(10,11)12/h21,24-25,27-31,33-36H,13-20,22-23H2,1-12H3/t25-,27+,28-,29+,30-,31+,33-,34+,35-,36-,37+,38+,39-/m0/s1. The predicted octanol–water partition coefficient (Wildman–Crippen LogP) is 7.87. The lowest BCUT2D eigenvalue weighted by Gasteiger charge is -2.65. The highest BCUT2D eigenvalue weighted by molar-refractivity contribution is 6.70. The number of hydrogen-bond donors (Lipinski definition) is 0. The Balaban J connectivity index is 1.24. The molecule has 0 spiro atoms. The number of cyclic esters (lactones) is 1. The summed E-state index contributed by atoms with van der Waals surface area (Å²) in [5.74, 6) is 0.899. The van der Waals surface area contributed by atoms with Gasteiger partial charge in [-0.05, 0) is 153 Å². The van der Waals surface area contributed by atoms with E-state index in [1.165, 1.54) is 6.29 Å². The number of esters is 1. The van der Waals surface area contributed by atoms with Crippen molar-refractivity contribution in [2.45, 2.75) is 173 Å². The Morgan fingerprint density at radius 2 is 1.51 bits per heavy atom. The average Bonchev–Trinajstić information content (AvgIpc) is 3.57. The summed E-state index contributed by atoms with van der Waals surface area (Å²) >= 11 is 0. The van der Waals surface area contributed by atoms with Crippen molar-refractivity contribution in [3.05, 3.63) is 11.6 Å². The molecule has 1 saturated heterocycles. The molecule has 290 valence electrons. The molecule has 0 amide bonds. The van der Waals surface area contributed by atoms with Crippen LogP contribution < -0.4 is 0 Å². The van der Waals surface area contributed by atoms with Gasteiger partial charge in [0.2, 0.25) is 0 Å². The predicted molar refractivity (Wildman–Crippen MR) is 205 cm³/mol. The molecule has 6 aliphatic rings. The van der Waals surface area contributed by atoms with Crippen LogP contribution in [0.3, 0.4) is 0 Å². The van der Waals surface area contributed by atoms with Crippen molar-refractivity contribution in [3.63, 3.8) is 0 Å². The van der Waals surface area contributed by atoms with Crippen LogP contribution in [-0.2, 0) is 41.8 Å². The first kappa shape index (κ1) is 40.0. The van der Waals surface area contributed by atoms with Crippen molar-refractivity contribution in [2.24, 2.45) is 34.5 Å². The lowest BCUT2D eigenvalue weighted by Crippen LogP contribution is -2.66. The molecular formula is C39H68O9Si3. The second-order valence-corrected chi connectivity index (χ2v) is 33.4. The summed E-state index contributed by atoms with van der Waals surface area (Å²) in [7, 11) is -4.14. The number of rotatable bonds is 11. The number of aldehydes is 1. The van der Waals surface area contributed by atoms with Crippen LogP contribution in [0.2, 0.25) is 58.9 Å². The van der Waals surface area contributed by atoms with Crippen molar-refractivity contribution in [2.75, 3.05) is 13.7 Å². The Bertz CT molecular complexity index is 1340. The monoisotopic (exact) mass is 764 g/mol. The molecule has 4 aliphatic carbocycles. The van der Waals surface area contributed by atoms with E-state index in [0.29, 0.717) is 12.5 Å². The fourth-order valence-electron chi connectivity index (χ4n) is 11.8. The highest BCUT2D eigenvalue weighted by Gasteiger charge is 2.70. The summed E-state index contributed by atoms with van der Waals surface area (Å²) < 4.78 is 46.2. The fourth-order valence-corrected chi connectivity index (χ4v) is 15.6. The lowest BCUT2D eigenvalue weighted by molar-refractivity contribution is -0.306. The van der Waals surface area contributed by atoms with Gasteiger partial charge >= 0.3 is 5.97 Å². The number of carbonyl (C=O) groups is 2. The van der Waals surface area contributed by atoms with Crippen LogP contribution in [0.25, 0.3) is 0 Å². The van der Waals surface area contributed by atoms with Gasteiger partial charge in [-0.15, -0.1) is 0 Å². The Morgan fingerprint density at radius 3 is 2.10 bits per heavy atom. The van der Waals surface area contributed by atoms with Crippen LogP contribution in [0.1, 0.15) is 71.6 Å². The highest BCUT2D eigenvalue weighted by Crippen LogP contribution is 2.71. The van der Waals surface area contributed by atoms with Crippen molar-refractivity contribution in [1.29, 1.82) is 0 Å². The Kier molecular flexibility index (Phi) is 11.0. The van der Waals surface area contributed by atoms with E-state index in [9.17, 15) is 9.59 Å². The summed E-state index contributed by atoms with van der Waals surface area (Å²) in [6.07, 6.45) is 9.91. The lowest BCUT2D eigenvalue weighted by atomic mass is 9.43. The number of carbonyl (C=O) groups excluding carboxylic acids is 2. The van der Waals surface area contributed by atoms with Crippen LogP contribution in [0.5, 0.6) is 0 Å². The Labute approximate surface area is 311 Å². The third-order valence-corrected chi connectivity index (χ3v) is 16.4. The van der Waals surface area contributed by atoms with Crippen LogP contribution in [0, 0.1) is 34.5 Å². The van der Waals surface area contributed by atoms with Crippen LogP contribution in [0.4, 0.5) is 0 Å². The molecular weight excluding hydrogens is 697 g/mol. The normalized spacial score (nSPS) is 44.6. The second-order valence-electron chi connectivity index (χ2n) is 20.0. The highest BCUT2D eigenvalue weighted by atomic mass is 28.4. The first-order chi connectivity index (χ1) is 23.7. The third-order valence-electron chi connectivity index (χ3n) is 13.5. The zero-order valence-electron chi connectivity index (χ0n) is 33.7. The largest absolute Gasteiger partial charge is 0.458 e. The molecule has 13 atom stereocenters. The van der Waals surface area contributed by atoms with Crippen LogP contribution in [-0.4, -0.2) is 93.3 Å². The van der Waals surface area contributed by atoms with Crippen molar-refractivity contribution < 1.29 is 41.8 Å². The molecule has 9 nitrogen and oxygen atoms in total. The zero-order chi connectivity index (χ0) is 37.4. The summed E-state index contributed by atoms with van der Waals surface area (Å²) in [6, 6.07) is 0. The quantitative estimate of drug-likeness (QED) is 0.0902. The maximum atomic E-state index is 13.6. The van der Waals surface area contributed by atoms with Gasteiger partial charge in [0, 0.05) is 24.0 Å². The van der Waals surface area contributed by atoms with E-state index in [1.54, 1.807) is 13.2 Å². The van der Waals surface area contributed by atoms with E-state index in [2.05, 4.69) is 72.8 Å². The number of fused-ring (bicyclic) bond motifs is 5. The van der Waals surface area contributed by atoms with Gasteiger partial charge in [-0.2, -0.15) is 0 Å². The van der Waals surface area contributed by atoms with E-state index in [0.717, 1.165) is 63.4 Å². The maximum Gasteiger partial charge on any atom is 0.331 e. The molecule has 12 heteroatoms. The average molecular weight is 765 g/mol. The second kappa shape index (κ2) is 14.1. The molecule has 2 aliphatic heterocycles. The molecule has 0 aromatic heterocycles. The molecule has 0 radical (unpaired) electrons. The van der Waals surface area contributed by atoms with E-state index in [-0.39, 0.29) is 64.6 Å². The zero-order valence-corrected chi connectivity index (χ0v) is 36.7. The molecule has 6 rings (SSSR count). The topological polar surface area (TPSA) is 98.8 Å². The van der Waals surface area contributed by atoms with Gasteiger partial charge in [0.05, 0.1) is 23.9 Å². The molecule has 0 aromatic carbocycles. The Hall–Kier alpha value is -0.709. The van der Waals surface area contributed by atoms with Crippen molar-refractivity contribution in [1.82, 2.24) is 0 Å². The van der Waals surface area contributed by atoms with Gasteiger partial charge in [0.15, 0.2) is 31.2 Å². The van der Waals surface area contributed by atoms with Crippen LogP contribution in [0.15, 0.2) is 11.6 Å². The summed E-state index contributed by atoms with van der Waals surface area (Å²) in [4.78, 5) is 25.8. The number of hydrogen-bond acceptors (Lipinski definition) is 9. The minimum atomic E-state index is -2.01. The minimum Gasteiger partial charge on any atom is -0.458 e. The van der Waals surface area contributed by atoms with E-state index in [1.807, 2.05) is 0 Å². The van der Waals surface area contributed by atoms with Gasteiger partial charge in [-0.3, -0.25) is 0 Å². The summed E-state index contributed by atoms with van der Waals surface area (Å²) in [5.41, 5.74) is 0.358. The van der Waals surface area contributed by atoms with E-state index >= 15 is 0 Å². The molecule has 0 aromatic rings. The molecule has 2 heterocycles. The molecule has 0 unspecified atom stereocenters. The SMILES string of the molecule is CO[C@H]1[C@H](O[Si](C)(C)C)[C@H](O[C@H]2CC[C@@]3(C=O)[C@H](CC[C@@H]4[C@@H]3CC[C@]3(C)[C@@H](C5=CC(=O)OC5)CC[C@]43O[Si](C)(C)C)C2)O[C@@H](C)[C@@H]1O[Si](C)(C)C. The Morgan fingerprint density at radius 1 is 0.824 bits per heavy atom. The number of ether oxygens (including phenoxy) is 4. The van der Waals surface area contributed by atoms with Crippen molar-refractivity contribution >= 4 is 37.2 Å². The summed E-state index contributed by atoms with van der Waals surface area (Å²) in [6.45, 7) is 25.0. The van der Waals surface area contributed by atoms with E-state index in [4.69, 9.17) is 32.2 Å². The first-order valence-corrected chi connectivity index (χ1v) is 30.1. The maximum absolute atomic E-state index is 13.6. The molecule has 0 bridgehead atoms. The van der Waals surface area contributed by atoms with E-state index < -0.39 is 37.3 Å². The van der Waals surface area contributed by atoms with Crippen molar-refractivity contribution in [3.8, 4) is 0 Å². The molecule has 51 heavy (non-hydrogen) atoms. The van der Waals surface area contributed by atoms with Gasteiger partial charge in [0.25, 0.3) is 0 Å². The fraction of sp³-hybridized carbons (Fsp3) is 0.897. The molecule has 0 N–H and O–H groups in total. The van der Waals surface area contributed by atoms with Gasteiger partial charge in [0.1, 0.15) is 25.1 Å². The molecule has 5 fully saturated rings. The number of methoxy groups -OCH3 is 1. The summed E-state index contributed by atoms with van der Waals surface area (Å²) in [5, 5.41) is 0. The van der Waals surface area contributed by atoms with Gasteiger partial charge in [-0.1, -0.05) is 6.92 Å².